The summed E-state index contributed by atoms with van der Waals surface area (Å²) in [4.78, 5) is 0. The monoisotopic (exact) mass is 289 g/mol. The highest BCUT2D eigenvalue weighted by Gasteiger charge is 2.03. The molecule has 2 nitrogen and oxygen atoms in total. The molecule has 0 aromatic heterocycles. The predicted octanol–water partition coefficient (Wildman–Crippen LogP) is 5.77. The van der Waals surface area contributed by atoms with Gasteiger partial charge in [0.15, 0.2) is 0 Å². The zero-order valence-electron chi connectivity index (χ0n) is 13.2. The number of hydrogen-bond acceptors (Lipinski definition) is 2. The highest BCUT2D eigenvalue weighted by Crippen LogP contribution is 2.14. The molecule has 19 heavy (non-hydrogen) atoms. The lowest BCUT2D eigenvalue weighted by molar-refractivity contribution is 0.131. The topological polar surface area (TPSA) is 26.3 Å². The summed E-state index contributed by atoms with van der Waals surface area (Å²) in [5.41, 5.74) is 0. The van der Waals surface area contributed by atoms with Crippen LogP contribution >= 0.6 is 7.80 Å². The van der Waals surface area contributed by atoms with E-state index < -0.39 is 7.80 Å². The molecule has 0 spiro atoms. The molecule has 0 heterocycles. The summed E-state index contributed by atoms with van der Waals surface area (Å²) in [5.74, 6) is 0. The van der Waals surface area contributed by atoms with E-state index in [1.54, 1.807) is 6.66 Å². The van der Waals surface area contributed by atoms with Gasteiger partial charge in [0, 0.05) is 13.0 Å². The molecule has 0 aliphatic rings. The second-order valence-corrected chi connectivity index (χ2v) is 7.20. The molecule has 3 heteroatoms. The van der Waals surface area contributed by atoms with Crippen LogP contribution in [0.25, 0.3) is 0 Å². The lowest BCUT2D eigenvalue weighted by Gasteiger charge is -2.03. The fourth-order valence-electron chi connectivity index (χ4n) is 2.18. The van der Waals surface area contributed by atoms with Crippen molar-refractivity contribution in [2.75, 3.05) is 26.0 Å². The van der Waals surface area contributed by atoms with E-state index in [0.29, 0.717) is 0 Å². The Hall–Kier alpha value is 0.0600. The summed E-state index contributed by atoms with van der Waals surface area (Å²) in [5, 5.41) is 0. The molecular formula is C16H34O2P+. The predicted molar refractivity (Wildman–Crippen MR) is 85.7 cm³/mol. The van der Waals surface area contributed by atoms with E-state index in [2.05, 4.69) is 6.92 Å². The second-order valence-electron chi connectivity index (χ2n) is 5.50. The Balaban J connectivity index is 2.93. The van der Waals surface area contributed by atoms with Crippen molar-refractivity contribution in [3.63, 3.8) is 0 Å². The van der Waals surface area contributed by atoms with Crippen LogP contribution in [0.5, 0.6) is 0 Å². The minimum atomic E-state index is -0.971. The van der Waals surface area contributed by atoms with Gasteiger partial charge < -0.3 is 4.74 Å². The number of rotatable bonds is 15. The molecule has 0 rings (SSSR count). The summed E-state index contributed by atoms with van der Waals surface area (Å²) in [6.45, 7) is 5.73. The summed E-state index contributed by atoms with van der Waals surface area (Å²) in [7, 11) is -0.971. The Kier molecular flexibility index (Phi) is 16.2. The third kappa shape index (κ3) is 18.1. The van der Waals surface area contributed by atoms with Gasteiger partial charge in [-0.15, -0.1) is 0 Å². The van der Waals surface area contributed by atoms with Gasteiger partial charge in [0.25, 0.3) is 0 Å². The van der Waals surface area contributed by atoms with Crippen molar-refractivity contribution in [1.82, 2.24) is 0 Å². The van der Waals surface area contributed by atoms with Crippen LogP contribution in [0, 0.1) is 0 Å². The van der Waals surface area contributed by atoms with Crippen LogP contribution in [0.3, 0.4) is 0 Å². The lowest BCUT2D eigenvalue weighted by Crippen LogP contribution is -1.98. The standard InChI is InChI=1S/C16H34O2P/c1-3-4-5-6-7-8-9-10-11-12-14-18-15-13-16-19(2)17/h3-16H2,1-2H3/q+1. The van der Waals surface area contributed by atoms with Gasteiger partial charge in [-0.3, -0.25) is 0 Å². The quantitative estimate of drug-likeness (QED) is 0.282. The summed E-state index contributed by atoms with van der Waals surface area (Å²) < 4.78 is 16.4. The Morgan fingerprint density at radius 3 is 1.74 bits per heavy atom. The summed E-state index contributed by atoms with van der Waals surface area (Å²) >= 11 is 0. The fourth-order valence-corrected chi connectivity index (χ4v) is 2.76. The minimum Gasteiger partial charge on any atom is -0.381 e. The molecule has 0 saturated heterocycles. The van der Waals surface area contributed by atoms with Crippen molar-refractivity contribution in [3.05, 3.63) is 0 Å². The normalized spacial score (nSPS) is 11.8. The Morgan fingerprint density at radius 2 is 1.21 bits per heavy atom. The first kappa shape index (κ1) is 19.1. The van der Waals surface area contributed by atoms with E-state index in [4.69, 9.17) is 4.74 Å². The van der Waals surface area contributed by atoms with Gasteiger partial charge in [-0.1, -0.05) is 69.3 Å². The van der Waals surface area contributed by atoms with Gasteiger partial charge in [0.1, 0.15) is 12.8 Å². The van der Waals surface area contributed by atoms with Crippen LogP contribution < -0.4 is 0 Å². The third-order valence-corrected chi connectivity index (χ3v) is 4.35. The molecule has 0 aliphatic heterocycles. The molecule has 0 radical (unpaired) electrons. The van der Waals surface area contributed by atoms with Crippen LogP contribution in [-0.2, 0) is 9.30 Å². The zero-order valence-corrected chi connectivity index (χ0v) is 14.1. The molecule has 0 saturated carbocycles. The largest absolute Gasteiger partial charge is 0.381 e. The fraction of sp³-hybridized carbons (Fsp3) is 1.00. The SMILES string of the molecule is CCCCCCCCCCCCOCCC[P+](C)=O. The highest BCUT2D eigenvalue weighted by atomic mass is 31.1. The summed E-state index contributed by atoms with van der Waals surface area (Å²) in [6.07, 6.45) is 15.4. The maximum atomic E-state index is 10.9. The van der Waals surface area contributed by atoms with Gasteiger partial charge in [-0.05, 0) is 6.42 Å². The first-order valence-corrected chi connectivity index (χ1v) is 10.1. The first-order chi connectivity index (χ1) is 9.27. The van der Waals surface area contributed by atoms with Crippen molar-refractivity contribution >= 4 is 7.80 Å². The Morgan fingerprint density at radius 1 is 0.737 bits per heavy atom. The van der Waals surface area contributed by atoms with Crippen LogP contribution in [0.4, 0.5) is 0 Å². The van der Waals surface area contributed by atoms with E-state index in [1.807, 2.05) is 0 Å². The van der Waals surface area contributed by atoms with Gasteiger partial charge in [0.2, 0.25) is 0 Å². The van der Waals surface area contributed by atoms with E-state index >= 15 is 0 Å². The number of ether oxygens (including phenoxy) is 1. The van der Waals surface area contributed by atoms with Crippen molar-refractivity contribution in [3.8, 4) is 0 Å². The third-order valence-electron chi connectivity index (χ3n) is 3.40. The van der Waals surface area contributed by atoms with E-state index in [-0.39, 0.29) is 0 Å². The van der Waals surface area contributed by atoms with Crippen molar-refractivity contribution in [1.29, 1.82) is 0 Å². The van der Waals surface area contributed by atoms with Gasteiger partial charge in [0.05, 0.1) is 6.61 Å². The van der Waals surface area contributed by atoms with Gasteiger partial charge in [-0.25, -0.2) is 0 Å². The smallest absolute Gasteiger partial charge is 0.335 e. The van der Waals surface area contributed by atoms with Crippen LogP contribution in [0.15, 0.2) is 0 Å². The molecule has 1 unspecified atom stereocenters. The highest BCUT2D eigenvalue weighted by molar-refractivity contribution is 7.43. The van der Waals surface area contributed by atoms with Gasteiger partial charge in [-0.2, -0.15) is 0 Å². The van der Waals surface area contributed by atoms with E-state index in [0.717, 1.165) is 25.8 Å². The molecule has 0 N–H and O–H groups in total. The van der Waals surface area contributed by atoms with Crippen LogP contribution in [-0.4, -0.2) is 26.0 Å². The molecule has 0 fully saturated rings. The lowest BCUT2D eigenvalue weighted by atomic mass is 10.1. The van der Waals surface area contributed by atoms with Crippen molar-refractivity contribution in [2.45, 2.75) is 77.6 Å². The maximum absolute atomic E-state index is 10.9. The molecular weight excluding hydrogens is 255 g/mol. The van der Waals surface area contributed by atoms with Crippen molar-refractivity contribution < 1.29 is 9.30 Å². The molecule has 0 aromatic rings. The van der Waals surface area contributed by atoms with Gasteiger partial charge >= 0.3 is 7.80 Å². The molecule has 0 aliphatic carbocycles. The first-order valence-electron chi connectivity index (χ1n) is 8.23. The second kappa shape index (κ2) is 16.1. The molecule has 0 amide bonds. The van der Waals surface area contributed by atoms with Crippen LogP contribution in [0.1, 0.15) is 77.6 Å². The average Bonchev–Trinajstić information content (AvgIpc) is 2.39. The number of unbranched alkanes of at least 4 members (excludes halogenated alkanes) is 9. The van der Waals surface area contributed by atoms with E-state index in [9.17, 15) is 4.57 Å². The Labute approximate surface area is 121 Å². The van der Waals surface area contributed by atoms with Crippen LogP contribution in [0.2, 0.25) is 0 Å². The average molecular weight is 289 g/mol. The molecule has 1 atom stereocenters. The molecule has 114 valence electrons. The van der Waals surface area contributed by atoms with Crippen molar-refractivity contribution in [2.24, 2.45) is 0 Å². The van der Waals surface area contributed by atoms with E-state index in [1.165, 1.54) is 64.2 Å². The Bertz CT molecular complexity index is 195. The summed E-state index contributed by atoms with van der Waals surface area (Å²) in [6, 6.07) is 0. The maximum Gasteiger partial charge on any atom is 0.335 e. The molecule has 0 aromatic carbocycles. The molecule has 0 bridgehead atoms. The number of hydrogen-bond donors (Lipinski definition) is 0. The minimum absolute atomic E-state index is 0.784. The zero-order chi connectivity index (χ0) is 14.2.